The van der Waals surface area contributed by atoms with Gasteiger partial charge in [0, 0.05) is 23.8 Å². The Morgan fingerprint density at radius 1 is 1.11 bits per heavy atom. The molecule has 0 amide bonds. The van der Waals surface area contributed by atoms with Gasteiger partial charge in [0.2, 0.25) is 0 Å². The minimum Gasteiger partial charge on any atom is -0.341 e. The van der Waals surface area contributed by atoms with Crippen molar-refractivity contribution in [2.45, 2.75) is 12.3 Å². The Bertz CT molecular complexity index is 565. The number of hydrogen-bond acceptors (Lipinski definition) is 1. The number of rotatable bonds is 2. The Balaban J connectivity index is 1.97. The molecule has 0 aromatic heterocycles. The van der Waals surface area contributed by atoms with E-state index < -0.39 is 0 Å². The lowest BCUT2D eigenvalue weighted by atomic mass is 10.1. The largest absolute Gasteiger partial charge is 0.341 e. The summed E-state index contributed by atoms with van der Waals surface area (Å²) >= 11 is 5.78. The summed E-state index contributed by atoms with van der Waals surface area (Å²) in [5, 5.41) is 0. The van der Waals surface area contributed by atoms with E-state index >= 15 is 0 Å². The monoisotopic (exact) mass is 261 g/mol. The van der Waals surface area contributed by atoms with Crippen LogP contribution in [-0.2, 0) is 12.3 Å². The zero-order chi connectivity index (χ0) is 12.5. The summed E-state index contributed by atoms with van der Waals surface area (Å²) in [7, 11) is 0. The topological polar surface area (TPSA) is 3.24 Å². The molecule has 0 atom stereocenters. The van der Waals surface area contributed by atoms with Crippen LogP contribution in [0.2, 0.25) is 0 Å². The highest BCUT2D eigenvalue weighted by atomic mass is 35.5. The van der Waals surface area contributed by atoms with E-state index in [1.165, 1.54) is 11.6 Å². The van der Waals surface area contributed by atoms with Crippen molar-refractivity contribution in [1.82, 2.24) is 0 Å². The van der Waals surface area contributed by atoms with Gasteiger partial charge in [0.05, 0.1) is 0 Å². The number of halogens is 2. The second-order valence-corrected chi connectivity index (χ2v) is 4.74. The summed E-state index contributed by atoms with van der Waals surface area (Å²) in [6.45, 7) is 0.902. The summed E-state index contributed by atoms with van der Waals surface area (Å²) in [6.07, 6.45) is 0.965. The van der Waals surface area contributed by atoms with Crippen LogP contribution in [0, 0.1) is 5.82 Å². The normalized spacial score (nSPS) is 13.8. The van der Waals surface area contributed by atoms with Gasteiger partial charge < -0.3 is 4.90 Å². The first-order valence-corrected chi connectivity index (χ1v) is 6.52. The van der Waals surface area contributed by atoms with Crippen molar-refractivity contribution >= 4 is 23.0 Å². The fraction of sp³-hybridized carbons (Fsp3) is 0.200. The molecule has 3 rings (SSSR count). The molecule has 0 radical (unpaired) electrons. The Morgan fingerprint density at radius 3 is 2.61 bits per heavy atom. The highest BCUT2D eigenvalue weighted by Crippen LogP contribution is 2.34. The SMILES string of the molecule is Fc1ccc2c(c1)N(c1ccc(CCl)cc1)CC2. The van der Waals surface area contributed by atoms with Gasteiger partial charge in [-0.1, -0.05) is 18.2 Å². The zero-order valence-electron chi connectivity index (χ0n) is 9.87. The smallest absolute Gasteiger partial charge is 0.125 e. The average Bonchev–Trinajstić information content (AvgIpc) is 2.82. The van der Waals surface area contributed by atoms with E-state index in [0.717, 1.165) is 29.9 Å². The molecule has 0 bridgehead atoms. The van der Waals surface area contributed by atoms with Gasteiger partial charge in [-0.05, 0) is 41.8 Å². The van der Waals surface area contributed by atoms with Gasteiger partial charge in [-0.3, -0.25) is 0 Å². The van der Waals surface area contributed by atoms with Gasteiger partial charge >= 0.3 is 0 Å². The predicted octanol–water partition coefficient (Wildman–Crippen LogP) is 4.26. The predicted molar refractivity (Wildman–Crippen MR) is 73.1 cm³/mol. The molecule has 0 spiro atoms. The molecule has 18 heavy (non-hydrogen) atoms. The fourth-order valence-corrected chi connectivity index (χ4v) is 2.56. The van der Waals surface area contributed by atoms with Crippen LogP contribution in [0.1, 0.15) is 11.1 Å². The molecule has 3 heteroatoms. The molecule has 0 aliphatic carbocycles. The highest BCUT2D eigenvalue weighted by molar-refractivity contribution is 6.17. The first-order chi connectivity index (χ1) is 8.78. The number of alkyl halides is 1. The van der Waals surface area contributed by atoms with Crippen molar-refractivity contribution in [3.8, 4) is 0 Å². The van der Waals surface area contributed by atoms with E-state index in [0.29, 0.717) is 5.88 Å². The van der Waals surface area contributed by atoms with Crippen LogP contribution >= 0.6 is 11.6 Å². The lowest BCUT2D eigenvalue weighted by molar-refractivity contribution is 0.628. The molecule has 1 nitrogen and oxygen atoms in total. The van der Waals surface area contributed by atoms with Gasteiger partial charge in [0.25, 0.3) is 0 Å². The van der Waals surface area contributed by atoms with E-state index in [2.05, 4.69) is 4.90 Å². The Labute approximate surface area is 111 Å². The number of benzene rings is 2. The van der Waals surface area contributed by atoms with Crippen LogP contribution in [0.3, 0.4) is 0 Å². The number of nitrogens with zero attached hydrogens (tertiary/aromatic N) is 1. The second kappa shape index (κ2) is 4.62. The number of anilines is 2. The molecule has 92 valence electrons. The number of hydrogen-bond donors (Lipinski definition) is 0. The van der Waals surface area contributed by atoms with Gasteiger partial charge in [-0.2, -0.15) is 0 Å². The third kappa shape index (κ3) is 1.97. The molecule has 1 aliphatic heterocycles. The maximum absolute atomic E-state index is 13.3. The molecule has 0 saturated carbocycles. The lowest BCUT2D eigenvalue weighted by Gasteiger charge is -2.19. The van der Waals surface area contributed by atoms with Gasteiger partial charge in [0.1, 0.15) is 5.82 Å². The van der Waals surface area contributed by atoms with Crippen molar-refractivity contribution in [1.29, 1.82) is 0 Å². The molecular formula is C15H13ClFN. The number of fused-ring (bicyclic) bond motifs is 1. The van der Waals surface area contributed by atoms with Crippen molar-refractivity contribution < 1.29 is 4.39 Å². The standard InChI is InChI=1S/C15H13ClFN/c16-10-11-1-5-14(6-2-11)18-8-7-12-3-4-13(17)9-15(12)18/h1-6,9H,7-8,10H2. The Morgan fingerprint density at radius 2 is 1.89 bits per heavy atom. The molecule has 0 N–H and O–H groups in total. The minimum atomic E-state index is -0.182. The van der Waals surface area contributed by atoms with E-state index in [4.69, 9.17) is 11.6 Å². The summed E-state index contributed by atoms with van der Waals surface area (Å²) in [4.78, 5) is 2.15. The minimum absolute atomic E-state index is 0.182. The summed E-state index contributed by atoms with van der Waals surface area (Å²) in [5.74, 6) is 0.337. The van der Waals surface area contributed by atoms with E-state index in [1.54, 1.807) is 6.07 Å². The molecule has 1 aliphatic rings. The molecule has 2 aromatic rings. The van der Waals surface area contributed by atoms with Gasteiger partial charge in [-0.25, -0.2) is 4.39 Å². The summed E-state index contributed by atoms with van der Waals surface area (Å²) in [5.41, 5.74) is 4.37. The van der Waals surface area contributed by atoms with E-state index in [-0.39, 0.29) is 5.82 Å². The molecule has 0 saturated heterocycles. The summed E-state index contributed by atoms with van der Waals surface area (Å²) in [6, 6.07) is 13.1. The van der Waals surface area contributed by atoms with E-state index in [9.17, 15) is 4.39 Å². The van der Waals surface area contributed by atoms with Crippen LogP contribution in [0.4, 0.5) is 15.8 Å². The second-order valence-electron chi connectivity index (χ2n) is 4.47. The van der Waals surface area contributed by atoms with Crippen molar-refractivity contribution in [2.75, 3.05) is 11.4 Å². The van der Waals surface area contributed by atoms with Crippen LogP contribution in [0.15, 0.2) is 42.5 Å². The first kappa shape index (κ1) is 11.5. The van der Waals surface area contributed by atoms with Gasteiger partial charge in [-0.15, -0.1) is 11.6 Å². The quantitative estimate of drug-likeness (QED) is 0.730. The van der Waals surface area contributed by atoms with Crippen molar-refractivity contribution in [2.24, 2.45) is 0 Å². The third-order valence-corrected chi connectivity index (χ3v) is 3.65. The van der Waals surface area contributed by atoms with Crippen LogP contribution in [0.5, 0.6) is 0 Å². The molecule has 1 heterocycles. The Hall–Kier alpha value is -1.54. The lowest BCUT2D eigenvalue weighted by Crippen LogP contribution is -2.13. The molecule has 0 unspecified atom stereocenters. The van der Waals surface area contributed by atoms with Crippen LogP contribution < -0.4 is 4.90 Å². The zero-order valence-corrected chi connectivity index (χ0v) is 10.6. The first-order valence-electron chi connectivity index (χ1n) is 5.99. The van der Waals surface area contributed by atoms with Crippen LogP contribution in [-0.4, -0.2) is 6.54 Å². The van der Waals surface area contributed by atoms with E-state index in [1.807, 2.05) is 30.3 Å². The van der Waals surface area contributed by atoms with Crippen molar-refractivity contribution in [3.63, 3.8) is 0 Å². The molecule has 2 aromatic carbocycles. The maximum atomic E-state index is 13.3. The van der Waals surface area contributed by atoms with Crippen molar-refractivity contribution in [3.05, 3.63) is 59.4 Å². The Kier molecular flexibility index (Phi) is 2.96. The fourth-order valence-electron chi connectivity index (χ4n) is 2.39. The highest BCUT2D eigenvalue weighted by Gasteiger charge is 2.20. The average molecular weight is 262 g/mol. The molecular weight excluding hydrogens is 249 g/mol. The van der Waals surface area contributed by atoms with Crippen LogP contribution in [0.25, 0.3) is 0 Å². The molecule has 0 fully saturated rings. The third-order valence-electron chi connectivity index (χ3n) is 3.35. The maximum Gasteiger partial charge on any atom is 0.125 e. The van der Waals surface area contributed by atoms with Gasteiger partial charge in [0.15, 0.2) is 0 Å². The summed E-state index contributed by atoms with van der Waals surface area (Å²) < 4.78 is 13.3.